The maximum absolute atomic E-state index is 12.5. The SMILES string of the molecule is O=C1CCc2cc(C=CC(=O)N3CCC(CCOc4ccccc4)CC3)cnc2N1. The van der Waals surface area contributed by atoms with Crippen molar-refractivity contribution < 1.29 is 14.3 Å². The molecule has 0 bridgehead atoms. The number of carbonyl (C=O) groups is 2. The molecular formula is C24H27N3O3. The zero-order chi connectivity index (χ0) is 20.8. The second kappa shape index (κ2) is 9.57. The van der Waals surface area contributed by atoms with Crippen molar-refractivity contribution in [3.63, 3.8) is 0 Å². The predicted molar refractivity (Wildman–Crippen MR) is 116 cm³/mol. The van der Waals surface area contributed by atoms with E-state index in [0.717, 1.165) is 49.2 Å². The van der Waals surface area contributed by atoms with Gasteiger partial charge in [0, 0.05) is 31.8 Å². The first-order valence-corrected chi connectivity index (χ1v) is 10.6. The zero-order valence-corrected chi connectivity index (χ0v) is 17.0. The normalized spacial score (nSPS) is 16.9. The van der Waals surface area contributed by atoms with Crippen molar-refractivity contribution in [2.45, 2.75) is 32.1 Å². The van der Waals surface area contributed by atoms with Crippen LogP contribution in [0.5, 0.6) is 5.75 Å². The van der Waals surface area contributed by atoms with E-state index in [9.17, 15) is 9.59 Å². The fraction of sp³-hybridized carbons (Fsp3) is 0.375. The van der Waals surface area contributed by atoms with Gasteiger partial charge in [-0.05, 0) is 67.0 Å². The van der Waals surface area contributed by atoms with Crippen molar-refractivity contribution >= 4 is 23.7 Å². The van der Waals surface area contributed by atoms with Crippen LogP contribution in [0, 0.1) is 5.92 Å². The average Bonchev–Trinajstić information content (AvgIpc) is 2.78. The van der Waals surface area contributed by atoms with Crippen LogP contribution in [0.3, 0.4) is 0 Å². The van der Waals surface area contributed by atoms with Gasteiger partial charge in [-0.2, -0.15) is 0 Å². The number of aromatic nitrogens is 1. The molecule has 6 nitrogen and oxygen atoms in total. The van der Waals surface area contributed by atoms with Crippen molar-refractivity contribution in [2.75, 3.05) is 25.0 Å². The standard InChI is InChI=1S/C24H27N3O3/c28-22-8-7-20-16-19(17-25-24(20)26-22)6-9-23(29)27-13-10-18(11-14-27)12-15-30-21-4-2-1-3-5-21/h1-6,9,16-18H,7-8,10-15H2,(H,25,26,28). The number of nitrogens with zero attached hydrogens (tertiary/aromatic N) is 2. The first-order chi connectivity index (χ1) is 14.7. The third kappa shape index (κ3) is 5.26. The van der Waals surface area contributed by atoms with E-state index in [0.29, 0.717) is 31.2 Å². The molecule has 2 aliphatic heterocycles. The first-order valence-electron chi connectivity index (χ1n) is 10.6. The lowest BCUT2D eigenvalue weighted by atomic mass is 9.94. The quantitative estimate of drug-likeness (QED) is 0.744. The molecule has 1 N–H and O–H groups in total. The summed E-state index contributed by atoms with van der Waals surface area (Å²) < 4.78 is 5.80. The van der Waals surface area contributed by atoms with Crippen LogP contribution in [0.4, 0.5) is 5.82 Å². The Morgan fingerprint density at radius 3 is 2.80 bits per heavy atom. The van der Waals surface area contributed by atoms with E-state index in [4.69, 9.17) is 4.74 Å². The summed E-state index contributed by atoms with van der Waals surface area (Å²) in [5.41, 5.74) is 1.90. The minimum atomic E-state index is 0.00324. The summed E-state index contributed by atoms with van der Waals surface area (Å²) in [6.45, 7) is 2.29. The molecule has 1 fully saturated rings. The Bertz CT molecular complexity index is 919. The van der Waals surface area contributed by atoms with Crippen molar-refractivity contribution in [1.29, 1.82) is 0 Å². The predicted octanol–water partition coefficient (Wildman–Crippen LogP) is 3.69. The fourth-order valence-corrected chi connectivity index (χ4v) is 3.94. The second-order valence-electron chi connectivity index (χ2n) is 7.88. The highest BCUT2D eigenvalue weighted by molar-refractivity contribution is 5.93. The highest BCUT2D eigenvalue weighted by Gasteiger charge is 2.21. The van der Waals surface area contributed by atoms with Gasteiger partial charge in [0.05, 0.1) is 6.61 Å². The van der Waals surface area contributed by atoms with E-state index in [1.54, 1.807) is 12.3 Å². The minimum Gasteiger partial charge on any atom is -0.494 e. The van der Waals surface area contributed by atoms with Crippen molar-refractivity contribution in [2.24, 2.45) is 5.92 Å². The number of carbonyl (C=O) groups excluding carboxylic acids is 2. The number of hydrogen-bond acceptors (Lipinski definition) is 4. The van der Waals surface area contributed by atoms with Gasteiger partial charge in [0.25, 0.3) is 0 Å². The molecule has 2 aromatic rings. The first kappa shape index (κ1) is 20.1. The topological polar surface area (TPSA) is 71.5 Å². The number of aryl methyl sites for hydroxylation is 1. The van der Waals surface area contributed by atoms with E-state index in [1.807, 2.05) is 47.4 Å². The molecular weight excluding hydrogens is 378 g/mol. The molecule has 156 valence electrons. The molecule has 1 aromatic heterocycles. The second-order valence-corrected chi connectivity index (χ2v) is 7.88. The Morgan fingerprint density at radius 2 is 2.00 bits per heavy atom. The molecule has 0 aliphatic carbocycles. The summed E-state index contributed by atoms with van der Waals surface area (Å²) in [7, 11) is 0. The minimum absolute atomic E-state index is 0.00324. The van der Waals surface area contributed by atoms with Crippen molar-refractivity contribution in [3.05, 3.63) is 59.8 Å². The number of fused-ring (bicyclic) bond motifs is 1. The Labute approximate surface area is 176 Å². The molecule has 0 spiro atoms. The van der Waals surface area contributed by atoms with E-state index < -0.39 is 0 Å². The molecule has 0 radical (unpaired) electrons. The maximum Gasteiger partial charge on any atom is 0.246 e. The van der Waals surface area contributed by atoms with Crippen molar-refractivity contribution in [1.82, 2.24) is 9.88 Å². The largest absolute Gasteiger partial charge is 0.494 e. The highest BCUT2D eigenvalue weighted by atomic mass is 16.5. The van der Waals surface area contributed by atoms with E-state index in [1.165, 1.54) is 0 Å². The number of ether oxygens (including phenoxy) is 1. The Morgan fingerprint density at radius 1 is 1.20 bits per heavy atom. The molecule has 0 atom stereocenters. The molecule has 0 saturated carbocycles. The van der Waals surface area contributed by atoms with Crippen LogP contribution in [0.15, 0.2) is 48.7 Å². The summed E-state index contributed by atoms with van der Waals surface area (Å²) in [4.78, 5) is 30.2. The Hall–Kier alpha value is -3.15. The van der Waals surface area contributed by atoms with Crippen LogP contribution in [0.1, 0.15) is 36.8 Å². The molecule has 1 aromatic carbocycles. The van der Waals surface area contributed by atoms with E-state index in [2.05, 4.69) is 10.3 Å². The number of benzene rings is 1. The zero-order valence-electron chi connectivity index (χ0n) is 17.0. The molecule has 6 heteroatoms. The molecule has 0 unspecified atom stereocenters. The molecule has 4 rings (SSSR count). The summed E-state index contributed by atoms with van der Waals surface area (Å²) in [5.74, 6) is 2.19. The smallest absolute Gasteiger partial charge is 0.246 e. The number of nitrogens with one attached hydrogen (secondary N) is 1. The summed E-state index contributed by atoms with van der Waals surface area (Å²) >= 11 is 0. The third-order valence-corrected chi connectivity index (χ3v) is 5.75. The summed E-state index contributed by atoms with van der Waals surface area (Å²) in [5, 5.41) is 2.77. The fourth-order valence-electron chi connectivity index (χ4n) is 3.94. The highest BCUT2D eigenvalue weighted by Crippen LogP contribution is 2.23. The van der Waals surface area contributed by atoms with Crippen LogP contribution < -0.4 is 10.1 Å². The van der Waals surface area contributed by atoms with Gasteiger partial charge in [0.1, 0.15) is 11.6 Å². The molecule has 1 saturated heterocycles. The van der Waals surface area contributed by atoms with Crippen LogP contribution >= 0.6 is 0 Å². The number of hydrogen-bond donors (Lipinski definition) is 1. The molecule has 2 amide bonds. The van der Waals surface area contributed by atoms with E-state index >= 15 is 0 Å². The monoisotopic (exact) mass is 405 g/mol. The van der Waals surface area contributed by atoms with Gasteiger partial charge in [-0.15, -0.1) is 0 Å². The lowest BCUT2D eigenvalue weighted by Crippen LogP contribution is -2.37. The Balaban J connectivity index is 1.22. The Kier molecular flexibility index (Phi) is 6.42. The van der Waals surface area contributed by atoms with Gasteiger partial charge in [0.15, 0.2) is 0 Å². The van der Waals surface area contributed by atoms with Crippen LogP contribution in [0.25, 0.3) is 6.08 Å². The number of pyridine rings is 1. The summed E-state index contributed by atoms with van der Waals surface area (Å²) in [6.07, 6.45) is 9.33. The van der Waals surface area contributed by atoms with Crippen LogP contribution in [0.2, 0.25) is 0 Å². The average molecular weight is 405 g/mol. The van der Waals surface area contributed by atoms with E-state index in [-0.39, 0.29) is 11.8 Å². The molecule has 3 heterocycles. The van der Waals surface area contributed by atoms with Crippen molar-refractivity contribution in [3.8, 4) is 5.75 Å². The number of amides is 2. The maximum atomic E-state index is 12.5. The number of para-hydroxylation sites is 1. The van der Waals surface area contributed by atoms with Crippen LogP contribution in [-0.4, -0.2) is 41.4 Å². The third-order valence-electron chi connectivity index (χ3n) is 5.75. The summed E-state index contributed by atoms with van der Waals surface area (Å²) in [6, 6.07) is 11.9. The van der Waals surface area contributed by atoms with Gasteiger partial charge in [-0.3, -0.25) is 9.59 Å². The lowest BCUT2D eigenvalue weighted by Gasteiger charge is -2.31. The number of rotatable bonds is 6. The number of piperidine rings is 1. The number of likely N-dealkylation sites (tertiary alicyclic amines) is 1. The van der Waals surface area contributed by atoms with Gasteiger partial charge >= 0.3 is 0 Å². The lowest BCUT2D eigenvalue weighted by molar-refractivity contribution is -0.127. The van der Waals surface area contributed by atoms with Gasteiger partial charge in [-0.25, -0.2) is 4.98 Å². The van der Waals surface area contributed by atoms with Crippen LogP contribution in [-0.2, 0) is 16.0 Å². The molecule has 30 heavy (non-hydrogen) atoms. The van der Waals surface area contributed by atoms with Gasteiger partial charge in [0.2, 0.25) is 11.8 Å². The van der Waals surface area contributed by atoms with Gasteiger partial charge in [-0.1, -0.05) is 18.2 Å². The number of anilines is 1. The van der Waals surface area contributed by atoms with Gasteiger partial charge < -0.3 is 15.0 Å². The molecule has 2 aliphatic rings.